The van der Waals surface area contributed by atoms with Gasteiger partial charge < -0.3 is 10.6 Å². The number of halogens is 1. The highest BCUT2D eigenvalue weighted by molar-refractivity contribution is 5.85. The van der Waals surface area contributed by atoms with E-state index < -0.39 is 0 Å². The van der Waals surface area contributed by atoms with E-state index in [0.29, 0.717) is 31.0 Å². The highest BCUT2D eigenvalue weighted by atomic mass is 35.5. The second kappa shape index (κ2) is 9.75. The lowest BCUT2D eigenvalue weighted by Crippen LogP contribution is -2.45. The first kappa shape index (κ1) is 21.8. The van der Waals surface area contributed by atoms with Gasteiger partial charge >= 0.3 is 0 Å². The van der Waals surface area contributed by atoms with Gasteiger partial charge in [0.2, 0.25) is 5.91 Å². The summed E-state index contributed by atoms with van der Waals surface area (Å²) in [5, 5.41) is 0. The van der Waals surface area contributed by atoms with Crippen LogP contribution in [0.3, 0.4) is 0 Å². The van der Waals surface area contributed by atoms with Gasteiger partial charge in [0.25, 0.3) is 0 Å². The summed E-state index contributed by atoms with van der Waals surface area (Å²) in [6.45, 7) is 5.00. The van der Waals surface area contributed by atoms with Crippen molar-refractivity contribution in [2.24, 2.45) is 11.7 Å². The van der Waals surface area contributed by atoms with E-state index in [9.17, 15) is 4.79 Å². The topological polar surface area (TPSA) is 49.6 Å². The van der Waals surface area contributed by atoms with Crippen LogP contribution >= 0.6 is 12.4 Å². The number of nitrogens with two attached hydrogens (primary N) is 1. The first-order chi connectivity index (χ1) is 13.6. The molecule has 0 aromatic heterocycles. The van der Waals surface area contributed by atoms with E-state index in [1.165, 1.54) is 24.0 Å². The first-order valence-electron chi connectivity index (χ1n) is 10.5. The molecule has 0 spiro atoms. The van der Waals surface area contributed by atoms with Gasteiger partial charge in [-0.25, -0.2) is 0 Å². The molecule has 156 valence electrons. The summed E-state index contributed by atoms with van der Waals surface area (Å²) in [6, 6.07) is 21.2. The fourth-order valence-electron chi connectivity index (χ4n) is 4.45. The number of benzene rings is 2. The molecule has 2 aliphatic rings. The standard InChI is InChI=1S/C24H31N3O.ClH/c1-18(20-12-13-20)27(14-19-8-4-2-5-9-19)24(28)17-26-15-22(23(25)16-26)21-10-6-3-7-11-21;/h2-11,18,20,22-23H,12-17,25H2,1H3;1H/t18?,22-,23+;/m0./s1. The van der Waals surface area contributed by atoms with Crippen LogP contribution in [0.1, 0.15) is 36.8 Å². The Morgan fingerprint density at radius 2 is 1.69 bits per heavy atom. The Kier molecular flexibility index (Phi) is 7.33. The third-order valence-electron chi connectivity index (χ3n) is 6.34. The molecule has 2 aromatic carbocycles. The molecule has 1 amide bonds. The van der Waals surface area contributed by atoms with Gasteiger partial charge in [0, 0.05) is 37.6 Å². The van der Waals surface area contributed by atoms with Crippen LogP contribution < -0.4 is 5.73 Å². The molecule has 4 nitrogen and oxygen atoms in total. The predicted octanol–water partition coefficient (Wildman–Crippen LogP) is 3.66. The zero-order valence-corrected chi connectivity index (χ0v) is 17.9. The SMILES string of the molecule is CC(C1CC1)N(Cc1ccccc1)C(=O)CN1C[C@@H](N)[C@H](c2ccccc2)C1.Cl. The molecule has 2 N–H and O–H groups in total. The van der Waals surface area contributed by atoms with E-state index >= 15 is 0 Å². The Hall–Kier alpha value is -1.88. The molecule has 1 aliphatic heterocycles. The zero-order valence-electron chi connectivity index (χ0n) is 17.1. The van der Waals surface area contributed by atoms with E-state index in [1.807, 2.05) is 24.3 Å². The number of nitrogens with zero attached hydrogens (tertiary/aromatic N) is 2. The van der Waals surface area contributed by atoms with Crippen LogP contribution in [0.5, 0.6) is 0 Å². The van der Waals surface area contributed by atoms with Crippen LogP contribution in [0.15, 0.2) is 60.7 Å². The van der Waals surface area contributed by atoms with Crippen LogP contribution in [0.4, 0.5) is 0 Å². The summed E-state index contributed by atoms with van der Waals surface area (Å²) in [5.74, 6) is 1.19. The molecule has 2 fully saturated rings. The lowest BCUT2D eigenvalue weighted by Gasteiger charge is -2.31. The van der Waals surface area contributed by atoms with Gasteiger partial charge in [-0.3, -0.25) is 9.69 Å². The van der Waals surface area contributed by atoms with Gasteiger partial charge in [0.1, 0.15) is 0 Å². The summed E-state index contributed by atoms with van der Waals surface area (Å²) in [6.07, 6.45) is 2.48. The second-order valence-corrected chi connectivity index (χ2v) is 8.46. The lowest BCUT2D eigenvalue weighted by molar-refractivity contribution is -0.135. The quantitative estimate of drug-likeness (QED) is 0.753. The highest BCUT2D eigenvalue weighted by Gasteiger charge is 2.37. The minimum absolute atomic E-state index is 0. The normalized spacial score (nSPS) is 22.7. The Labute approximate surface area is 180 Å². The van der Waals surface area contributed by atoms with Crippen LogP contribution in [-0.2, 0) is 11.3 Å². The van der Waals surface area contributed by atoms with E-state index in [0.717, 1.165) is 13.1 Å². The maximum atomic E-state index is 13.3. The third-order valence-corrected chi connectivity index (χ3v) is 6.34. The van der Waals surface area contributed by atoms with Crippen molar-refractivity contribution in [1.82, 2.24) is 9.80 Å². The number of amides is 1. The summed E-state index contributed by atoms with van der Waals surface area (Å²) in [4.78, 5) is 17.6. The van der Waals surface area contributed by atoms with Crippen LogP contribution in [-0.4, -0.2) is 47.4 Å². The molecule has 1 unspecified atom stereocenters. The minimum atomic E-state index is 0. The number of hydrogen-bond acceptors (Lipinski definition) is 3. The smallest absolute Gasteiger partial charge is 0.237 e. The minimum Gasteiger partial charge on any atom is -0.334 e. The van der Waals surface area contributed by atoms with Crippen molar-refractivity contribution < 1.29 is 4.79 Å². The number of carbonyl (C=O) groups is 1. The molecule has 1 heterocycles. The molecule has 1 aliphatic carbocycles. The molecule has 2 aromatic rings. The van der Waals surface area contributed by atoms with Crippen molar-refractivity contribution >= 4 is 18.3 Å². The Morgan fingerprint density at radius 1 is 1.07 bits per heavy atom. The molecular weight excluding hydrogens is 382 g/mol. The molecule has 29 heavy (non-hydrogen) atoms. The lowest BCUT2D eigenvalue weighted by atomic mass is 9.95. The van der Waals surface area contributed by atoms with Crippen molar-refractivity contribution in [3.63, 3.8) is 0 Å². The summed E-state index contributed by atoms with van der Waals surface area (Å²) < 4.78 is 0. The number of rotatable bonds is 7. The Balaban J connectivity index is 0.00000240. The van der Waals surface area contributed by atoms with Crippen LogP contribution in [0.2, 0.25) is 0 Å². The molecule has 0 radical (unpaired) electrons. The van der Waals surface area contributed by atoms with Crippen molar-refractivity contribution in [2.75, 3.05) is 19.6 Å². The van der Waals surface area contributed by atoms with E-state index in [4.69, 9.17) is 5.73 Å². The molecule has 4 rings (SSSR count). The van der Waals surface area contributed by atoms with E-state index in [2.05, 4.69) is 53.1 Å². The number of likely N-dealkylation sites (tertiary alicyclic amines) is 1. The van der Waals surface area contributed by atoms with Gasteiger partial charge in [-0.1, -0.05) is 60.7 Å². The maximum Gasteiger partial charge on any atom is 0.237 e. The van der Waals surface area contributed by atoms with Gasteiger partial charge in [0.15, 0.2) is 0 Å². The van der Waals surface area contributed by atoms with Gasteiger partial charge in [0.05, 0.1) is 6.54 Å². The second-order valence-electron chi connectivity index (χ2n) is 8.46. The monoisotopic (exact) mass is 413 g/mol. The zero-order chi connectivity index (χ0) is 19.5. The van der Waals surface area contributed by atoms with E-state index in [-0.39, 0.29) is 24.4 Å². The number of carbonyl (C=O) groups excluding carboxylic acids is 1. The molecule has 3 atom stereocenters. The van der Waals surface area contributed by atoms with Crippen molar-refractivity contribution in [3.8, 4) is 0 Å². The fraction of sp³-hybridized carbons (Fsp3) is 0.458. The molecule has 5 heteroatoms. The summed E-state index contributed by atoms with van der Waals surface area (Å²) >= 11 is 0. The molecule has 0 bridgehead atoms. The molecular formula is C24H32ClN3O. The van der Waals surface area contributed by atoms with Gasteiger partial charge in [-0.15, -0.1) is 12.4 Å². The summed E-state index contributed by atoms with van der Waals surface area (Å²) in [5.41, 5.74) is 8.90. The van der Waals surface area contributed by atoms with Crippen molar-refractivity contribution in [2.45, 2.75) is 44.3 Å². The summed E-state index contributed by atoms with van der Waals surface area (Å²) in [7, 11) is 0. The van der Waals surface area contributed by atoms with Gasteiger partial charge in [-0.2, -0.15) is 0 Å². The Bertz CT molecular complexity index is 781. The average Bonchev–Trinajstić information content (AvgIpc) is 3.50. The first-order valence-corrected chi connectivity index (χ1v) is 10.5. The molecule has 1 saturated carbocycles. The maximum absolute atomic E-state index is 13.3. The van der Waals surface area contributed by atoms with E-state index in [1.54, 1.807) is 0 Å². The average molecular weight is 414 g/mol. The predicted molar refractivity (Wildman–Crippen MR) is 120 cm³/mol. The highest BCUT2D eigenvalue weighted by Crippen LogP contribution is 2.36. The Morgan fingerprint density at radius 3 is 2.31 bits per heavy atom. The van der Waals surface area contributed by atoms with Crippen molar-refractivity contribution in [3.05, 3.63) is 71.8 Å². The number of hydrogen-bond donors (Lipinski definition) is 1. The van der Waals surface area contributed by atoms with Gasteiger partial charge in [-0.05, 0) is 36.8 Å². The van der Waals surface area contributed by atoms with Crippen LogP contribution in [0, 0.1) is 5.92 Å². The van der Waals surface area contributed by atoms with Crippen LogP contribution in [0.25, 0.3) is 0 Å². The fourth-order valence-corrected chi connectivity index (χ4v) is 4.45. The molecule has 1 saturated heterocycles. The largest absolute Gasteiger partial charge is 0.334 e. The van der Waals surface area contributed by atoms with Crippen molar-refractivity contribution in [1.29, 1.82) is 0 Å². The third kappa shape index (κ3) is 5.39.